The number of benzene rings is 10. The molecule has 0 aliphatic rings. The number of hydrogen-bond acceptors (Lipinski definition) is 1. The van der Waals surface area contributed by atoms with Gasteiger partial charge in [-0.1, -0.05) is 149 Å². The van der Waals surface area contributed by atoms with Crippen LogP contribution < -0.4 is 38.2 Å². The third kappa shape index (κ3) is 5.43. The Morgan fingerprint density at radius 1 is 0.267 bits per heavy atom. The molecule has 8 heteroatoms. The van der Waals surface area contributed by atoms with Crippen LogP contribution in [-0.2, 0) is 0 Å². The summed E-state index contributed by atoms with van der Waals surface area (Å²) in [7, 11) is 49.6. The van der Waals surface area contributed by atoms with E-state index in [-0.39, 0.29) is 21.9 Å². The first kappa shape index (κ1) is 36.6. The van der Waals surface area contributed by atoms with Crippen molar-refractivity contribution in [3.8, 4) is 44.5 Å². The Labute approximate surface area is 357 Å². The fourth-order valence-electron chi connectivity index (χ4n) is 9.24. The van der Waals surface area contributed by atoms with E-state index >= 15 is 0 Å². The molecule has 260 valence electrons. The molecule has 0 spiro atoms. The Kier molecular flexibility index (Phi) is 8.40. The maximum atomic E-state index is 7.46. The molecule has 10 aromatic carbocycles. The second-order valence-corrected chi connectivity index (χ2v) is 15.5. The van der Waals surface area contributed by atoms with Crippen molar-refractivity contribution in [1.29, 1.82) is 0 Å². The van der Waals surface area contributed by atoms with Gasteiger partial charge in [0.2, 0.25) is 0 Å². The van der Waals surface area contributed by atoms with Gasteiger partial charge in [0.15, 0.2) is 0 Å². The average Bonchev–Trinajstić information content (AvgIpc) is 3.64. The first-order chi connectivity index (χ1) is 29.2. The molecule has 0 N–H and O–H groups in total. The minimum Gasteiger partial charge on any atom is -0.456 e. The van der Waals surface area contributed by atoms with Crippen molar-refractivity contribution in [2.24, 2.45) is 0 Å². The minimum atomic E-state index is 0.183. The molecule has 60 heavy (non-hydrogen) atoms. The molecule has 1 aromatic heterocycles. The van der Waals surface area contributed by atoms with Gasteiger partial charge in [-0.3, -0.25) is 0 Å². The van der Waals surface area contributed by atoms with E-state index in [2.05, 4.69) is 84.9 Å². The van der Waals surface area contributed by atoms with Crippen molar-refractivity contribution in [1.82, 2.24) is 0 Å². The zero-order chi connectivity index (χ0) is 41.0. The molecule has 0 aliphatic heterocycles. The maximum Gasteiger partial charge on any atom is 0.136 e. The zero-order valence-electron chi connectivity index (χ0n) is 32.4. The summed E-state index contributed by atoms with van der Waals surface area (Å²) in [6, 6.07) is 51.4. The van der Waals surface area contributed by atoms with Crippen LogP contribution in [0.15, 0.2) is 156 Å². The third-order valence-electron chi connectivity index (χ3n) is 12.2. The smallest absolute Gasteiger partial charge is 0.136 e. The van der Waals surface area contributed by atoms with E-state index in [1.807, 2.05) is 66.7 Å². The second kappa shape index (κ2) is 13.8. The van der Waals surface area contributed by atoms with Gasteiger partial charge in [-0.2, -0.15) is 0 Å². The lowest BCUT2D eigenvalue weighted by atomic mass is 9.60. The molecule has 0 fully saturated rings. The monoisotopic (exact) mass is 742 g/mol. The predicted octanol–water partition coefficient (Wildman–Crippen LogP) is 6.42. The van der Waals surface area contributed by atoms with E-state index in [1.165, 1.54) is 5.39 Å². The fourth-order valence-corrected chi connectivity index (χ4v) is 9.24. The first-order valence-electron chi connectivity index (χ1n) is 19.7. The van der Waals surface area contributed by atoms with Crippen molar-refractivity contribution >= 4 is 158 Å². The SMILES string of the molecule is [B]c1c([B])c([B])c2c(-c3ccc4oc5cc6ccccc6cc5c4c3)c3c([B])c(-c4ccccc4)c([B])c([B])c3c(-c3ccc(-c4ccc5ccccc5c4)cc3)c2c1[B]. The highest BCUT2D eigenvalue weighted by atomic mass is 16.3. The van der Waals surface area contributed by atoms with Gasteiger partial charge in [-0.25, -0.2) is 0 Å². The highest BCUT2D eigenvalue weighted by Gasteiger charge is 2.26. The van der Waals surface area contributed by atoms with Crippen molar-refractivity contribution in [3.05, 3.63) is 152 Å². The minimum absolute atomic E-state index is 0.183. The number of hydrogen-bond donors (Lipinski definition) is 0. The summed E-state index contributed by atoms with van der Waals surface area (Å²) in [5.41, 5.74) is 10.2. The molecule has 14 radical (unpaired) electrons. The summed E-state index contributed by atoms with van der Waals surface area (Å²) in [5, 5.41) is 8.91. The molecule has 1 heterocycles. The lowest BCUT2D eigenvalue weighted by molar-refractivity contribution is 0.669. The quantitative estimate of drug-likeness (QED) is 0.150. The van der Waals surface area contributed by atoms with Crippen LogP contribution in [0.2, 0.25) is 0 Å². The van der Waals surface area contributed by atoms with Crippen molar-refractivity contribution in [2.45, 2.75) is 0 Å². The van der Waals surface area contributed by atoms with Crippen LogP contribution in [0.5, 0.6) is 0 Å². The maximum absolute atomic E-state index is 7.46. The zero-order valence-corrected chi connectivity index (χ0v) is 32.4. The summed E-state index contributed by atoms with van der Waals surface area (Å²) in [4.78, 5) is 0. The van der Waals surface area contributed by atoms with Crippen LogP contribution >= 0.6 is 0 Å². The van der Waals surface area contributed by atoms with Gasteiger partial charge >= 0.3 is 0 Å². The molecule has 0 unspecified atom stereocenters. The van der Waals surface area contributed by atoms with Gasteiger partial charge < -0.3 is 4.42 Å². The van der Waals surface area contributed by atoms with Crippen LogP contribution in [0.4, 0.5) is 0 Å². The highest BCUT2D eigenvalue weighted by Crippen LogP contribution is 2.44. The van der Waals surface area contributed by atoms with E-state index in [4.69, 9.17) is 59.3 Å². The summed E-state index contributed by atoms with van der Waals surface area (Å²) in [5.74, 6) is 0. The number of fused-ring (bicyclic) bond motifs is 7. The van der Waals surface area contributed by atoms with Crippen molar-refractivity contribution in [3.63, 3.8) is 0 Å². The standard InChI is InChI=1S/C52H25B7O/c53-46-41(28-9-2-1-3-10-28)47(54)48(55)43-39(29-17-14-27(15-18-29)33-19-16-26-8-4-5-11-30(26)22-33)44-45(50(57)52(59)51(58)49(44)56)40(42(43)46)34-20-21-37-35(24-34)36-23-31-12-6-7-13-32(31)25-38(36)60-37/h1-25H. The fraction of sp³-hybridized carbons (Fsp3) is 0. The summed E-state index contributed by atoms with van der Waals surface area (Å²) >= 11 is 0. The van der Waals surface area contributed by atoms with Gasteiger partial charge in [0.25, 0.3) is 0 Å². The Morgan fingerprint density at radius 3 is 1.40 bits per heavy atom. The molecule has 0 atom stereocenters. The largest absolute Gasteiger partial charge is 0.456 e. The molecule has 0 amide bonds. The van der Waals surface area contributed by atoms with Gasteiger partial charge in [0, 0.05) is 10.8 Å². The number of furan rings is 1. The Bertz CT molecular complexity index is 3610. The average molecular weight is 741 g/mol. The molecule has 0 saturated heterocycles. The normalized spacial score (nSPS) is 11.8. The number of rotatable bonds is 4. The van der Waals surface area contributed by atoms with Gasteiger partial charge in [-0.15, -0.1) is 10.9 Å². The Morgan fingerprint density at radius 2 is 0.733 bits per heavy atom. The van der Waals surface area contributed by atoms with Crippen molar-refractivity contribution in [2.75, 3.05) is 0 Å². The second-order valence-electron chi connectivity index (χ2n) is 15.5. The Hall–Kier alpha value is -6.51. The van der Waals surface area contributed by atoms with E-state index in [0.29, 0.717) is 54.6 Å². The van der Waals surface area contributed by atoms with Crippen molar-refractivity contribution < 1.29 is 4.42 Å². The molecule has 11 aromatic rings. The van der Waals surface area contributed by atoms with Gasteiger partial charge in [0.05, 0.1) is 0 Å². The molecule has 1 nitrogen and oxygen atoms in total. The molecule has 0 saturated carbocycles. The predicted molar refractivity (Wildman–Crippen MR) is 263 cm³/mol. The van der Waals surface area contributed by atoms with E-state index < -0.39 is 0 Å². The summed E-state index contributed by atoms with van der Waals surface area (Å²) in [6.07, 6.45) is 0. The van der Waals surface area contributed by atoms with Crippen LogP contribution in [0.3, 0.4) is 0 Å². The molecule has 0 bridgehead atoms. The topological polar surface area (TPSA) is 13.1 Å². The molecule has 11 rings (SSSR count). The highest BCUT2D eigenvalue weighted by molar-refractivity contribution is 6.69. The molecular formula is C52H25B7O. The van der Waals surface area contributed by atoms with Crippen LogP contribution in [0, 0.1) is 0 Å². The van der Waals surface area contributed by atoms with E-state index in [0.717, 1.165) is 65.9 Å². The van der Waals surface area contributed by atoms with E-state index in [9.17, 15) is 0 Å². The summed E-state index contributed by atoms with van der Waals surface area (Å²) < 4.78 is 6.44. The molecular weight excluding hydrogens is 716 g/mol. The van der Waals surface area contributed by atoms with Crippen LogP contribution in [0.1, 0.15) is 0 Å². The molecule has 0 aliphatic carbocycles. The third-order valence-corrected chi connectivity index (χ3v) is 12.2. The van der Waals surface area contributed by atoms with Crippen LogP contribution in [0.25, 0.3) is 110 Å². The van der Waals surface area contributed by atoms with Crippen LogP contribution in [-0.4, -0.2) is 54.9 Å². The van der Waals surface area contributed by atoms with Gasteiger partial charge in [-0.05, 0) is 118 Å². The summed E-state index contributed by atoms with van der Waals surface area (Å²) in [6.45, 7) is 0. The van der Waals surface area contributed by atoms with E-state index in [1.54, 1.807) is 0 Å². The van der Waals surface area contributed by atoms with Gasteiger partial charge in [0.1, 0.15) is 66.1 Å². The Balaban J connectivity index is 1.28. The lowest BCUT2D eigenvalue weighted by Gasteiger charge is -2.29. The lowest BCUT2D eigenvalue weighted by Crippen LogP contribution is -2.48. The first-order valence-corrected chi connectivity index (χ1v) is 19.7.